The lowest BCUT2D eigenvalue weighted by Gasteiger charge is -2.42. The minimum atomic E-state index is -0.979. The lowest BCUT2D eigenvalue weighted by molar-refractivity contribution is -0.141. The number of hydrogen-bond donors (Lipinski definition) is 2. The molecule has 2 bridgehead atoms. The van der Waals surface area contributed by atoms with Crippen LogP contribution in [-0.4, -0.2) is 35.6 Å². The number of aliphatic hydroxyl groups excluding tert-OH is 1. The normalized spacial score (nSPS) is 20.4. The molecular formula is C21H22ClFN2O2. The molecule has 1 aromatic carbocycles. The molecule has 0 saturated heterocycles. The Balaban J connectivity index is 2.22. The molecule has 1 aromatic rings. The first-order valence-corrected chi connectivity index (χ1v) is 9.12. The Bertz CT molecular complexity index is 897. The number of allylic oxidation sites excluding steroid dienone is 3. The number of carbonyl (C=O) groups is 1. The molecule has 2 atom stereocenters. The molecule has 1 heterocycles. The van der Waals surface area contributed by atoms with E-state index in [1.165, 1.54) is 11.0 Å². The zero-order chi connectivity index (χ0) is 19.8. The van der Waals surface area contributed by atoms with E-state index in [1.807, 2.05) is 0 Å². The average molecular weight is 389 g/mol. The fourth-order valence-corrected chi connectivity index (χ4v) is 3.61. The summed E-state index contributed by atoms with van der Waals surface area (Å²) in [4.78, 5) is 14.7. The number of hydrogen-bond acceptors (Lipinski definition) is 3. The number of likely N-dealkylation sites (N-methyl/N-ethyl adjacent to an activating group) is 1. The van der Waals surface area contributed by atoms with Crippen LogP contribution in [0.2, 0.25) is 5.02 Å². The van der Waals surface area contributed by atoms with Crippen molar-refractivity contribution in [3.63, 3.8) is 0 Å². The standard InChI is InChI=1S/C21H22ClFN2O2/c1-21(2)14-7-5-9-16(23)17(11-14)25(20(21)27)19(18(26)12-24-3)13-6-4-8-15(22)10-13/h4-10,18-19,24,26H,12H2,1-3H3. The molecule has 0 fully saturated rings. The van der Waals surface area contributed by atoms with Gasteiger partial charge in [-0.3, -0.25) is 9.69 Å². The molecule has 142 valence electrons. The quantitative estimate of drug-likeness (QED) is 0.757. The van der Waals surface area contributed by atoms with Crippen molar-refractivity contribution in [3.8, 4) is 0 Å². The Morgan fingerprint density at radius 3 is 2.81 bits per heavy atom. The first kappa shape index (κ1) is 19.6. The van der Waals surface area contributed by atoms with Gasteiger partial charge in [-0.1, -0.05) is 41.6 Å². The zero-order valence-corrected chi connectivity index (χ0v) is 16.2. The summed E-state index contributed by atoms with van der Waals surface area (Å²) >= 11 is 6.14. The van der Waals surface area contributed by atoms with Crippen LogP contribution in [0.5, 0.6) is 0 Å². The Labute approximate surface area is 163 Å². The van der Waals surface area contributed by atoms with Gasteiger partial charge in [-0.2, -0.15) is 0 Å². The van der Waals surface area contributed by atoms with E-state index in [0.29, 0.717) is 16.2 Å². The molecule has 1 aliphatic heterocycles. The zero-order valence-electron chi connectivity index (χ0n) is 15.5. The predicted molar refractivity (Wildman–Crippen MR) is 104 cm³/mol. The number of carbonyl (C=O) groups excluding carboxylic acids is 1. The van der Waals surface area contributed by atoms with Gasteiger partial charge in [0.25, 0.3) is 0 Å². The van der Waals surface area contributed by atoms with E-state index in [9.17, 15) is 14.3 Å². The SMILES string of the molecule is CNCC(O)C(c1cccc(Cl)c1)N1C(=O)C(C)(C)C2=C=C1C(F)=CC=C2. The van der Waals surface area contributed by atoms with E-state index >= 15 is 0 Å². The van der Waals surface area contributed by atoms with Crippen LogP contribution in [-0.2, 0) is 4.79 Å². The van der Waals surface area contributed by atoms with Crippen LogP contribution in [0.4, 0.5) is 4.39 Å². The van der Waals surface area contributed by atoms with Gasteiger partial charge in [-0.05, 0) is 44.7 Å². The minimum absolute atomic E-state index is 0.0273. The van der Waals surface area contributed by atoms with Gasteiger partial charge in [0, 0.05) is 17.1 Å². The van der Waals surface area contributed by atoms with Crippen molar-refractivity contribution in [2.45, 2.75) is 26.0 Å². The van der Waals surface area contributed by atoms with Crippen LogP contribution >= 0.6 is 11.6 Å². The van der Waals surface area contributed by atoms with Crippen molar-refractivity contribution in [2.75, 3.05) is 13.6 Å². The maximum absolute atomic E-state index is 14.8. The van der Waals surface area contributed by atoms with E-state index in [-0.39, 0.29) is 18.1 Å². The van der Waals surface area contributed by atoms with Crippen molar-refractivity contribution < 1.29 is 14.3 Å². The smallest absolute Gasteiger partial charge is 0.238 e. The summed E-state index contributed by atoms with van der Waals surface area (Å²) in [6.07, 6.45) is 3.59. The van der Waals surface area contributed by atoms with Gasteiger partial charge in [0.2, 0.25) is 5.91 Å². The molecule has 1 amide bonds. The highest BCUT2D eigenvalue weighted by atomic mass is 35.5. The summed E-state index contributed by atoms with van der Waals surface area (Å²) in [5.41, 5.74) is 3.39. The molecule has 0 saturated carbocycles. The van der Waals surface area contributed by atoms with Gasteiger partial charge in [0.1, 0.15) is 5.70 Å². The highest BCUT2D eigenvalue weighted by Crippen LogP contribution is 2.43. The number of benzene rings is 1. The fraction of sp³-hybridized carbons (Fsp3) is 0.333. The van der Waals surface area contributed by atoms with Crippen molar-refractivity contribution in [2.24, 2.45) is 5.41 Å². The Hall–Kier alpha value is -2.17. The van der Waals surface area contributed by atoms with Crippen molar-refractivity contribution in [3.05, 3.63) is 75.9 Å². The molecule has 4 nitrogen and oxygen atoms in total. The van der Waals surface area contributed by atoms with Crippen LogP contribution in [0.1, 0.15) is 25.5 Å². The van der Waals surface area contributed by atoms with Gasteiger partial charge in [0.05, 0.1) is 17.6 Å². The molecule has 3 rings (SSSR count). The molecule has 0 aromatic heterocycles. The number of rotatable bonds is 5. The molecule has 0 radical (unpaired) electrons. The number of nitrogens with zero attached hydrogens (tertiary/aromatic N) is 1. The molecule has 6 heteroatoms. The number of halogens is 2. The van der Waals surface area contributed by atoms with Gasteiger partial charge < -0.3 is 10.4 Å². The van der Waals surface area contributed by atoms with Gasteiger partial charge in [-0.15, -0.1) is 0 Å². The Morgan fingerprint density at radius 1 is 1.41 bits per heavy atom. The topological polar surface area (TPSA) is 52.6 Å². The second kappa shape index (κ2) is 7.45. The van der Waals surface area contributed by atoms with E-state index in [1.54, 1.807) is 57.3 Å². The summed E-state index contributed by atoms with van der Waals surface area (Å²) in [6.45, 7) is 3.76. The number of aliphatic hydroxyl groups is 1. The van der Waals surface area contributed by atoms with Crippen LogP contribution in [0.15, 0.2) is 65.3 Å². The van der Waals surface area contributed by atoms with Crippen molar-refractivity contribution in [1.82, 2.24) is 10.2 Å². The summed E-state index contributed by atoms with van der Waals surface area (Å²) in [5.74, 6) is -0.879. The third-order valence-corrected chi connectivity index (χ3v) is 5.13. The maximum Gasteiger partial charge on any atom is 0.238 e. The largest absolute Gasteiger partial charge is 0.389 e. The minimum Gasteiger partial charge on any atom is -0.389 e. The van der Waals surface area contributed by atoms with Crippen LogP contribution in [0, 0.1) is 5.41 Å². The van der Waals surface area contributed by atoms with Crippen molar-refractivity contribution >= 4 is 17.5 Å². The first-order chi connectivity index (χ1) is 12.8. The molecule has 2 unspecified atom stereocenters. The molecular weight excluding hydrogens is 367 g/mol. The van der Waals surface area contributed by atoms with Gasteiger partial charge >= 0.3 is 0 Å². The second-order valence-electron chi connectivity index (χ2n) is 7.19. The second-order valence-corrected chi connectivity index (χ2v) is 7.62. The lowest BCUT2D eigenvalue weighted by Crippen LogP contribution is -2.49. The molecule has 1 aliphatic carbocycles. The van der Waals surface area contributed by atoms with Crippen LogP contribution in [0.3, 0.4) is 0 Å². The Morgan fingerprint density at radius 2 is 2.15 bits per heavy atom. The fourth-order valence-electron chi connectivity index (χ4n) is 3.41. The lowest BCUT2D eigenvalue weighted by atomic mass is 9.79. The van der Waals surface area contributed by atoms with E-state index in [4.69, 9.17) is 11.6 Å². The number of nitrogens with one attached hydrogen (secondary N) is 1. The summed E-state index contributed by atoms with van der Waals surface area (Å²) in [7, 11) is 1.70. The van der Waals surface area contributed by atoms with E-state index < -0.39 is 23.4 Å². The molecule has 0 spiro atoms. The summed E-state index contributed by atoms with van der Waals surface area (Å²) in [5, 5.41) is 14.2. The van der Waals surface area contributed by atoms with Gasteiger partial charge in [0.15, 0.2) is 5.83 Å². The molecule has 2 aliphatic rings. The van der Waals surface area contributed by atoms with Gasteiger partial charge in [-0.25, -0.2) is 4.39 Å². The molecule has 27 heavy (non-hydrogen) atoms. The van der Waals surface area contributed by atoms with Crippen LogP contribution in [0.25, 0.3) is 0 Å². The summed E-state index contributed by atoms with van der Waals surface area (Å²) < 4.78 is 14.8. The van der Waals surface area contributed by atoms with E-state index in [0.717, 1.165) is 0 Å². The third kappa shape index (κ3) is 3.52. The molecule has 2 N–H and O–H groups in total. The number of amides is 1. The predicted octanol–water partition coefficient (Wildman–Crippen LogP) is 3.66. The Kier molecular flexibility index (Phi) is 5.41. The third-order valence-electron chi connectivity index (χ3n) is 4.90. The van der Waals surface area contributed by atoms with Crippen molar-refractivity contribution in [1.29, 1.82) is 0 Å². The summed E-state index contributed by atoms with van der Waals surface area (Å²) in [6, 6.07) is 6.09. The monoisotopic (exact) mass is 388 g/mol. The van der Waals surface area contributed by atoms with Crippen LogP contribution < -0.4 is 5.32 Å². The highest BCUT2D eigenvalue weighted by molar-refractivity contribution is 6.30. The van der Waals surface area contributed by atoms with E-state index in [2.05, 4.69) is 11.0 Å². The maximum atomic E-state index is 14.8. The highest BCUT2D eigenvalue weighted by Gasteiger charge is 2.45. The first-order valence-electron chi connectivity index (χ1n) is 8.74. The average Bonchev–Trinajstić information content (AvgIpc) is 2.79.